The van der Waals surface area contributed by atoms with Crippen LogP contribution >= 0.6 is 0 Å². The van der Waals surface area contributed by atoms with E-state index in [-0.39, 0.29) is 271 Å². The first kappa shape index (κ1) is 116. The Morgan fingerprint density at radius 3 is 0.553 bits per heavy atom. The van der Waals surface area contributed by atoms with Gasteiger partial charge in [-0.2, -0.15) is 0 Å². The van der Waals surface area contributed by atoms with Crippen molar-refractivity contribution in [1.29, 1.82) is 0 Å². The van der Waals surface area contributed by atoms with Gasteiger partial charge in [-0.05, 0) is 93.0 Å². The second kappa shape index (κ2) is 64.8. The Labute approximate surface area is 781 Å². The Bertz CT molecular complexity index is 3730. The van der Waals surface area contributed by atoms with Gasteiger partial charge < -0.3 is 139 Å². The number of carbonyl (C=O) groups excluding carboxylic acids is 2. The molecule has 0 saturated heterocycles. The van der Waals surface area contributed by atoms with Crippen LogP contribution in [0.15, 0.2) is 166 Å². The van der Waals surface area contributed by atoms with Gasteiger partial charge in [-0.1, -0.05) is 185 Å². The second-order valence-electron chi connectivity index (χ2n) is 22.7. The molecule has 0 aliphatic carbocycles. The van der Waals surface area contributed by atoms with E-state index in [4.69, 9.17) is 78.8 Å². The molecule has 0 heterocycles. The number of benzene rings is 8. The molecule has 0 bridgehead atoms. The summed E-state index contributed by atoms with van der Waals surface area (Å²) in [6, 6.07) is 39.9. The van der Waals surface area contributed by atoms with Crippen molar-refractivity contribution in [3.05, 3.63) is 221 Å². The Morgan fingerprint density at radius 2 is 0.430 bits per heavy atom. The number of hydrogen-bond donors (Lipinski definition) is 2. The van der Waals surface area contributed by atoms with Gasteiger partial charge in [0.1, 0.15) is 46.0 Å². The van der Waals surface area contributed by atoms with E-state index in [1.54, 1.807) is 187 Å². The number of carboxylic acid groups (broad SMARTS) is 2. The van der Waals surface area contributed by atoms with Crippen molar-refractivity contribution in [2.24, 2.45) is 30.8 Å². The van der Waals surface area contributed by atoms with Gasteiger partial charge in [-0.25, -0.2) is 0 Å². The Kier molecular flexibility index (Phi) is 66.2. The quantitative estimate of drug-likeness (QED) is 0.0613. The minimum atomic E-state index is -1.75. The number of aliphatic imine (C=N–C) groups is 4. The largest absolute Gasteiger partial charge is 3.00 e. The van der Waals surface area contributed by atoms with Crippen LogP contribution in [-0.4, -0.2) is 128 Å². The molecule has 0 aliphatic heterocycles. The summed E-state index contributed by atoms with van der Waals surface area (Å²) in [5, 5.41) is 159. The monoisotopic (exact) mass is 2190 g/mol. The molecule has 0 spiro atoms. The van der Waals surface area contributed by atoms with Gasteiger partial charge >= 0.3 is 153 Å². The van der Waals surface area contributed by atoms with Crippen LogP contribution < -0.4 is 89.0 Å². The first-order valence-electron chi connectivity index (χ1n) is 31.7. The first-order valence-corrected chi connectivity index (χ1v) is 31.7. The molecule has 8 aromatic rings. The topological polar surface area (TPSA) is 561 Å². The zero-order valence-corrected chi connectivity index (χ0v) is 72.6. The predicted octanol–water partition coefficient (Wildman–Crippen LogP) is 4.18. The molecule has 0 atom stereocenters. The average molecular weight is 2180 g/mol. The molecule has 4 radical (unpaired) electrons. The molecule has 0 saturated carbocycles. The van der Waals surface area contributed by atoms with Crippen LogP contribution in [0.1, 0.15) is 86.1 Å². The van der Waals surface area contributed by atoms with Crippen molar-refractivity contribution in [3.8, 4) is 92.0 Å². The molecular weight excluding hydrogens is 2090 g/mol. The zero-order valence-electron chi connectivity index (χ0n) is 64.5. The van der Waals surface area contributed by atoms with Crippen molar-refractivity contribution >= 4 is 36.8 Å². The number of carboxylic acids is 2. The van der Waals surface area contributed by atoms with Crippen LogP contribution in [0.3, 0.4) is 0 Å². The number of methoxy groups -OCH3 is 8. The summed E-state index contributed by atoms with van der Waals surface area (Å²) in [5.41, 5.74) is 2.35. The van der Waals surface area contributed by atoms with Gasteiger partial charge in [-0.3, -0.25) is 20.0 Å². The third-order valence-electron chi connectivity index (χ3n) is 13.2. The molecule has 38 heteroatoms. The number of aliphatic carboxylic acids is 2. The van der Waals surface area contributed by atoms with Gasteiger partial charge in [0.25, 0.3) is 0 Å². The summed E-state index contributed by atoms with van der Waals surface area (Å²) >= 11 is 0. The Balaban J connectivity index is -0.000000305. The van der Waals surface area contributed by atoms with Crippen LogP contribution in [0.25, 0.3) is 0 Å². The summed E-state index contributed by atoms with van der Waals surface area (Å²) in [6.07, 6.45) is 5.79. The van der Waals surface area contributed by atoms with Crippen molar-refractivity contribution in [2.45, 2.75) is 67.7 Å². The van der Waals surface area contributed by atoms with Crippen molar-refractivity contribution in [3.63, 3.8) is 0 Å². The SMILES string of the molecule is CC(C)(C)C(=O)[O-].CC(C)(C)C(=O)[O-].CO.CO.COc1cccc(C=NCc2cccc(OC)c2[O-])c1[O-].COc1cccc(C=NCc2cccc(OC)c2[O-])c1[O-].COc1cccc(C=NCc2cccc(OC)c2[O-])c1[O-].COc1cccc(C=NCc2cccc(OC)c2[O-])c1[O-].O=[N+]([O-])[O-].O=[N+]([O-])[O-].[Dy+3].[Dy+3].[Dy+3].[Dy+3]. The van der Waals surface area contributed by atoms with E-state index in [0.717, 1.165) is 14.2 Å². The molecule has 0 aliphatic rings. The number of hydrogen-bond acceptors (Lipinski definition) is 32. The molecular formula is C76H86Dy4N6O28. The Hall–Kier alpha value is -8.41. The number of nitrogens with zero attached hydrogens (tertiary/aromatic N) is 6. The summed E-state index contributed by atoms with van der Waals surface area (Å²) in [5.74, 6) is -1.46. The summed E-state index contributed by atoms with van der Waals surface area (Å²) in [7, 11) is 13.6. The third-order valence-corrected chi connectivity index (χ3v) is 13.2. The summed E-state index contributed by atoms with van der Waals surface area (Å²) < 4.78 is 39.7. The summed E-state index contributed by atoms with van der Waals surface area (Å²) in [6.45, 7) is 10.3. The first-order chi connectivity index (χ1) is 52.0. The fraction of sp³-hybridized carbons (Fsp3) is 0.289. The molecule has 34 nitrogen and oxygen atoms in total. The van der Waals surface area contributed by atoms with Crippen molar-refractivity contribution in [1.82, 2.24) is 0 Å². The van der Waals surface area contributed by atoms with Gasteiger partial charge in [0.05, 0.1) is 93.2 Å². The van der Waals surface area contributed by atoms with E-state index in [2.05, 4.69) is 20.0 Å². The van der Waals surface area contributed by atoms with Crippen LogP contribution in [0.4, 0.5) is 0 Å². The molecule has 0 amide bonds. The standard InChI is InChI=1S/4C16H17NO4.2C5H10O2.2CH4O.4Dy.2NO3/c4*1-20-13-7-3-5-11(15(13)18)9-17-10-12-6-4-8-14(21-2)16(12)19;2*1-5(2,3)4(6)7;2*1-2;;;;;2*2-1(3)4/h4*3-9,18-19H,10H2,1-2H3;2*1-3H3,(H,6,7);2*2H,1H3;;;;;;/q;;;;;;;;4*+3;2*-1/p-10. The Morgan fingerprint density at radius 1 is 0.307 bits per heavy atom. The molecule has 628 valence electrons. The molecule has 8 rings (SSSR count). The molecule has 0 unspecified atom stereocenters. The molecule has 114 heavy (non-hydrogen) atoms. The van der Waals surface area contributed by atoms with Crippen LogP contribution in [0, 0.1) is 194 Å². The van der Waals surface area contributed by atoms with Gasteiger partial charge in [0.2, 0.25) is 0 Å². The minimum Gasteiger partial charge on any atom is -0.870 e. The minimum absolute atomic E-state index is 0. The summed E-state index contributed by atoms with van der Waals surface area (Å²) in [4.78, 5) is 52.9. The number of para-hydroxylation sites is 8. The number of aliphatic hydroxyl groups excluding tert-OH is 2. The number of ether oxygens (including phenoxy) is 8. The maximum Gasteiger partial charge on any atom is 3.00 e. The van der Waals surface area contributed by atoms with E-state index in [1.165, 1.54) is 81.7 Å². The predicted molar refractivity (Wildman–Crippen MR) is 391 cm³/mol. The molecule has 0 fully saturated rings. The number of aliphatic hydroxyl groups is 2. The van der Waals surface area contributed by atoms with Crippen molar-refractivity contribution < 1.29 is 272 Å². The van der Waals surface area contributed by atoms with Crippen molar-refractivity contribution in [2.75, 3.05) is 71.1 Å². The van der Waals surface area contributed by atoms with Gasteiger partial charge in [0, 0.05) is 61.8 Å². The molecule has 8 aromatic carbocycles. The van der Waals surface area contributed by atoms with E-state index in [9.17, 15) is 60.7 Å². The molecule has 2 N–H and O–H groups in total. The maximum atomic E-state index is 11.9. The number of rotatable bonds is 20. The van der Waals surface area contributed by atoms with Crippen LogP contribution in [0.2, 0.25) is 0 Å². The second-order valence-corrected chi connectivity index (χ2v) is 22.7. The van der Waals surface area contributed by atoms with Crippen LogP contribution in [-0.2, 0) is 35.8 Å². The average Bonchev–Trinajstić information content (AvgIpc) is 0.895. The van der Waals surface area contributed by atoms with Crippen LogP contribution in [0.5, 0.6) is 92.0 Å². The fourth-order valence-corrected chi connectivity index (χ4v) is 7.54. The van der Waals surface area contributed by atoms with Gasteiger partial charge in [0.15, 0.2) is 0 Å². The van der Waals surface area contributed by atoms with Gasteiger partial charge in [-0.15, -0.1) is 0 Å². The van der Waals surface area contributed by atoms with E-state index >= 15 is 0 Å². The normalized spacial score (nSPS) is 9.84. The third kappa shape index (κ3) is 45.0. The fourth-order valence-electron chi connectivity index (χ4n) is 7.54. The van der Waals surface area contributed by atoms with E-state index < -0.39 is 32.9 Å². The van der Waals surface area contributed by atoms with E-state index in [1.807, 2.05) is 0 Å². The number of carbonyl (C=O) groups is 2. The molecule has 0 aromatic heterocycles. The maximum absolute atomic E-state index is 11.9. The smallest absolute Gasteiger partial charge is 0.870 e. The zero-order chi connectivity index (χ0) is 84.3. The van der Waals surface area contributed by atoms with E-state index in [0.29, 0.717) is 44.5 Å².